The first-order valence-corrected chi connectivity index (χ1v) is 11.6. The van der Waals surface area contributed by atoms with Crippen LogP contribution in [0.5, 0.6) is 11.5 Å². The molecule has 0 bridgehead atoms. The number of hydrogen-bond donors (Lipinski definition) is 1. The molecular weight excluding hydrogens is 448 g/mol. The lowest BCUT2D eigenvalue weighted by atomic mass is 9.95. The van der Waals surface area contributed by atoms with Crippen LogP contribution in [0.15, 0.2) is 66.8 Å². The first kappa shape index (κ1) is 24.5. The van der Waals surface area contributed by atoms with Gasteiger partial charge in [0.25, 0.3) is 11.7 Å². The Morgan fingerprint density at radius 2 is 1.71 bits per heavy atom. The van der Waals surface area contributed by atoms with Gasteiger partial charge in [-0.1, -0.05) is 24.8 Å². The van der Waals surface area contributed by atoms with E-state index in [9.17, 15) is 14.7 Å². The second kappa shape index (κ2) is 11.2. The molecule has 0 unspecified atom stereocenters. The Balaban J connectivity index is 1.69. The van der Waals surface area contributed by atoms with E-state index in [0.717, 1.165) is 18.7 Å². The van der Waals surface area contributed by atoms with E-state index in [1.807, 2.05) is 12.1 Å². The monoisotopic (exact) mass is 478 g/mol. The van der Waals surface area contributed by atoms with Crippen molar-refractivity contribution >= 4 is 17.4 Å². The second-order valence-corrected chi connectivity index (χ2v) is 8.34. The molecule has 1 N–H and O–H groups in total. The number of rotatable bonds is 9. The van der Waals surface area contributed by atoms with Gasteiger partial charge < -0.3 is 24.2 Å². The number of methoxy groups -OCH3 is 1. The number of ketones is 1. The summed E-state index contributed by atoms with van der Waals surface area (Å²) in [5.74, 6) is -0.259. The van der Waals surface area contributed by atoms with Gasteiger partial charge in [0.05, 0.1) is 31.9 Å². The molecule has 1 atom stereocenters. The molecule has 0 aromatic heterocycles. The van der Waals surface area contributed by atoms with E-state index in [2.05, 4.69) is 11.5 Å². The third-order valence-electron chi connectivity index (χ3n) is 6.23. The molecule has 1 amide bonds. The Hall–Kier alpha value is -3.62. The molecule has 2 aromatic carbocycles. The zero-order valence-corrected chi connectivity index (χ0v) is 19.8. The van der Waals surface area contributed by atoms with Crippen LogP contribution >= 0.6 is 0 Å². The highest BCUT2D eigenvalue weighted by atomic mass is 16.5. The normalized spacial score (nSPS) is 20.1. The SMILES string of the molecule is C=CCOc1ccc(C(O)=C2C(=O)C(=O)N(CCN3CCOCC3)[C@H]2c2ccc(OC)cc2)cc1. The highest BCUT2D eigenvalue weighted by Gasteiger charge is 2.46. The van der Waals surface area contributed by atoms with Gasteiger partial charge in [-0.25, -0.2) is 0 Å². The van der Waals surface area contributed by atoms with Crippen LogP contribution in [0.4, 0.5) is 0 Å². The average molecular weight is 479 g/mol. The van der Waals surface area contributed by atoms with Crippen molar-refractivity contribution in [2.75, 3.05) is 53.1 Å². The van der Waals surface area contributed by atoms with Crippen molar-refractivity contribution in [3.63, 3.8) is 0 Å². The maximum absolute atomic E-state index is 13.2. The molecule has 8 heteroatoms. The van der Waals surface area contributed by atoms with Crippen molar-refractivity contribution in [1.82, 2.24) is 9.80 Å². The molecule has 0 spiro atoms. The molecule has 2 saturated heterocycles. The van der Waals surface area contributed by atoms with Gasteiger partial charge in [0.1, 0.15) is 23.9 Å². The number of likely N-dealkylation sites (tertiary alicyclic amines) is 1. The van der Waals surface area contributed by atoms with Gasteiger partial charge in [0.2, 0.25) is 0 Å². The van der Waals surface area contributed by atoms with Crippen LogP contribution in [0.1, 0.15) is 17.2 Å². The Kier molecular flexibility index (Phi) is 7.84. The summed E-state index contributed by atoms with van der Waals surface area (Å²) in [7, 11) is 1.58. The summed E-state index contributed by atoms with van der Waals surface area (Å²) >= 11 is 0. The second-order valence-electron chi connectivity index (χ2n) is 8.34. The molecule has 2 aromatic rings. The van der Waals surface area contributed by atoms with Crippen LogP contribution in [0, 0.1) is 0 Å². The lowest BCUT2D eigenvalue weighted by Gasteiger charge is -2.31. The Morgan fingerprint density at radius 3 is 2.34 bits per heavy atom. The fourth-order valence-electron chi connectivity index (χ4n) is 4.34. The van der Waals surface area contributed by atoms with Gasteiger partial charge in [-0.2, -0.15) is 0 Å². The Labute approximate surface area is 205 Å². The van der Waals surface area contributed by atoms with Gasteiger partial charge >= 0.3 is 0 Å². The quantitative estimate of drug-likeness (QED) is 0.257. The highest BCUT2D eigenvalue weighted by molar-refractivity contribution is 6.46. The number of aliphatic hydroxyl groups excluding tert-OH is 1. The molecule has 2 aliphatic rings. The third kappa shape index (κ3) is 5.39. The Bertz CT molecular complexity index is 1090. The topological polar surface area (TPSA) is 88.5 Å². The largest absolute Gasteiger partial charge is 0.507 e. The summed E-state index contributed by atoms with van der Waals surface area (Å²) in [5.41, 5.74) is 1.22. The van der Waals surface area contributed by atoms with Crippen molar-refractivity contribution in [2.45, 2.75) is 6.04 Å². The molecule has 2 fully saturated rings. The number of Topliss-reactive ketones (excluding diaryl/α,β-unsaturated/α-hetero) is 1. The molecule has 4 rings (SSSR count). The molecule has 2 aliphatic heterocycles. The average Bonchev–Trinajstić information content (AvgIpc) is 3.16. The maximum Gasteiger partial charge on any atom is 0.295 e. The Morgan fingerprint density at radius 1 is 1.06 bits per heavy atom. The van der Waals surface area contributed by atoms with Crippen LogP contribution in [0.2, 0.25) is 0 Å². The number of aliphatic hydroxyl groups is 1. The first-order chi connectivity index (χ1) is 17.0. The summed E-state index contributed by atoms with van der Waals surface area (Å²) in [4.78, 5) is 30.1. The summed E-state index contributed by atoms with van der Waals surface area (Å²) in [6.45, 7) is 7.79. The predicted octanol–water partition coefficient (Wildman–Crippen LogP) is 3.01. The number of carbonyl (C=O) groups is 2. The van der Waals surface area contributed by atoms with E-state index >= 15 is 0 Å². The summed E-state index contributed by atoms with van der Waals surface area (Å²) in [6, 6.07) is 13.2. The van der Waals surface area contributed by atoms with Crippen molar-refractivity contribution in [3.05, 3.63) is 77.9 Å². The highest BCUT2D eigenvalue weighted by Crippen LogP contribution is 2.39. The van der Waals surface area contributed by atoms with Gasteiger partial charge in [-0.3, -0.25) is 14.5 Å². The predicted molar refractivity (Wildman–Crippen MR) is 131 cm³/mol. The lowest BCUT2D eigenvalue weighted by molar-refractivity contribution is -0.140. The number of nitrogens with zero attached hydrogens (tertiary/aromatic N) is 2. The van der Waals surface area contributed by atoms with Gasteiger partial charge in [0, 0.05) is 31.7 Å². The zero-order valence-electron chi connectivity index (χ0n) is 19.8. The fraction of sp³-hybridized carbons (Fsp3) is 0.333. The van der Waals surface area contributed by atoms with Crippen LogP contribution < -0.4 is 9.47 Å². The summed E-state index contributed by atoms with van der Waals surface area (Å²) < 4.78 is 16.2. The van der Waals surface area contributed by atoms with E-state index in [0.29, 0.717) is 50.0 Å². The molecule has 184 valence electrons. The first-order valence-electron chi connectivity index (χ1n) is 11.6. The zero-order chi connectivity index (χ0) is 24.8. The molecule has 0 saturated carbocycles. The number of amides is 1. The minimum absolute atomic E-state index is 0.0712. The number of hydrogen-bond acceptors (Lipinski definition) is 7. The number of carbonyl (C=O) groups excluding carboxylic acids is 2. The number of ether oxygens (including phenoxy) is 3. The van der Waals surface area contributed by atoms with Crippen molar-refractivity contribution in [2.24, 2.45) is 0 Å². The number of morpholine rings is 1. The standard InChI is InChI=1S/C27H30N2O6/c1-3-16-35-22-10-6-20(7-11-22)25(30)23-24(19-4-8-21(33-2)9-5-19)29(27(32)26(23)31)13-12-28-14-17-34-18-15-28/h3-11,24,30H,1,12-18H2,2H3/t24-/m0/s1. The van der Waals surface area contributed by atoms with Crippen LogP contribution in [0.25, 0.3) is 5.76 Å². The third-order valence-corrected chi connectivity index (χ3v) is 6.23. The van der Waals surface area contributed by atoms with Gasteiger partial charge in [-0.05, 0) is 42.0 Å². The van der Waals surface area contributed by atoms with Crippen molar-refractivity contribution in [1.29, 1.82) is 0 Å². The van der Waals surface area contributed by atoms with Crippen molar-refractivity contribution in [3.8, 4) is 11.5 Å². The number of benzene rings is 2. The minimum Gasteiger partial charge on any atom is -0.507 e. The smallest absolute Gasteiger partial charge is 0.295 e. The lowest BCUT2D eigenvalue weighted by Crippen LogP contribution is -2.42. The van der Waals surface area contributed by atoms with E-state index in [-0.39, 0.29) is 11.3 Å². The van der Waals surface area contributed by atoms with Gasteiger partial charge in [-0.15, -0.1) is 0 Å². The van der Waals surface area contributed by atoms with E-state index in [4.69, 9.17) is 14.2 Å². The van der Waals surface area contributed by atoms with Gasteiger partial charge in [0.15, 0.2) is 0 Å². The minimum atomic E-state index is -0.710. The van der Waals surface area contributed by atoms with Crippen LogP contribution in [0.3, 0.4) is 0 Å². The van der Waals surface area contributed by atoms with Crippen LogP contribution in [-0.4, -0.2) is 79.7 Å². The maximum atomic E-state index is 13.2. The molecule has 35 heavy (non-hydrogen) atoms. The van der Waals surface area contributed by atoms with Crippen molar-refractivity contribution < 1.29 is 28.9 Å². The molecule has 8 nitrogen and oxygen atoms in total. The molecule has 0 aliphatic carbocycles. The summed E-state index contributed by atoms with van der Waals surface area (Å²) in [5, 5.41) is 11.2. The molecule has 0 radical (unpaired) electrons. The van der Waals surface area contributed by atoms with Crippen LogP contribution in [-0.2, 0) is 14.3 Å². The fourth-order valence-corrected chi connectivity index (χ4v) is 4.34. The molecular formula is C27H30N2O6. The van der Waals surface area contributed by atoms with E-state index < -0.39 is 17.7 Å². The van der Waals surface area contributed by atoms with E-state index in [1.54, 1.807) is 54.5 Å². The summed E-state index contributed by atoms with van der Waals surface area (Å²) in [6.07, 6.45) is 1.64. The van der Waals surface area contributed by atoms with E-state index in [1.165, 1.54) is 0 Å². The molecule has 2 heterocycles.